The predicted molar refractivity (Wildman–Crippen MR) is 334 cm³/mol. The quantitative estimate of drug-likeness (QED) is 0.0261. The molecule has 0 rings (SSSR count). The molecular formula is C71H116O6. The molecule has 0 aliphatic carbocycles. The van der Waals surface area contributed by atoms with Gasteiger partial charge in [0.05, 0.1) is 0 Å². The molecule has 0 heterocycles. The summed E-state index contributed by atoms with van der Waals surface area (Å²) >= 11 is 0. The molecule has 0 bridgehead atoms. The molecule has 0 fully saturated rings. The van der Waals surface area contributed by atoms with Gasteiger partial charge in [-0.1, -0.05) is 251 Å². The summed E-state index contributed by atoms with van der Waals surface area (Å²) in [4.78, 5) is 38.3. The van der Waals surface area contributed by atoms with E-state index >= 15 is 0 Å². The Morgan fingerprint density at radius 3 is 0.831 bits per heavy atom. The number of unbranched alkanes of at least 4 members (excludes halogenated alkanes) is 23. The first-order valence-corrected chi connectivity index (χ1v) is 31.7. The van der Waals surface area contributed by atoms with Crippen LogP contribution in [0, 0.1) is 0 Å². The maximum absolute atomic E-state index is 12.9. The minimum Gasteiger partial charge on any atom is -0.462 e. The van der Waals surface area contributed by atoms with E-state index in [-0.39, 0.29) is 37.5 Å². The number of hydrogen-bond acceptors (Lipinski definition) is 6. The monoisotopic (exact) mass is 1060 g/mol. The zero-order chi connectivity index (χ0) is 55.7. The molecule has 1 unspecified atom stereocenters. The van der Waals surface area contributed by atoms with Gasteiger partial charge in [-0.3, -0.25) is 14.4 Å². The van der Waals surface area contributed by atoms with E-state index in [1.165, 1.54) is 89.9 Å². The summed E-state index contributed by atoms with van der Waals surface area (Å²) in [6.45, 7) is 6.44. The summed E-state index contributed by atoms with van der Waals surface area (Å²) in [5, 5.41) is 0. The van der Waals surface area contributed by atoms with Crippen LogP contribution in [-0.2, 0) is 28.6 Å². The van der Waals surface area contributed by atoms with Gasteiger partial charge >= 0.3 is 17.9 Å². The molecular weight excluding hydrogens is 949 g/mol. The third kappa shape index (κ3) is 62.3. The Labute approximate surface area is 475 Å². The molecule has 77 heavy (non-hydrogen) atoms. The molecule has 6 heteroatoms. The summed E-state index contributed by atoms with van der Waals surface area (Å²) in [6, 6.07) is 0. The molecule has 0 radical (unpaired) electrons. The molecule has 6 nitrogen and oxygen atoms in total. The first kappa shape index (κ1) is 72.5. The van der Waals surface area contributed by atoms with E-state index in [2.05, 4.69) is 154 Å². The lowest BCUT2D eigenvalue weighted by Gasteiger charge is -2.18. The summed E-state index contributed by atoms with van der Waals surface area (Å²) in [5.41, 5.74) is 0. The molecule has 0 aliphatic heterocycles. The van der Waals surface area contributed by atoms with Crippen LogP contribution in [0.3, 0.4) is 0 Å². The third-order valence-corrected chi connectivity index (χ3v) is 13.1. The Kier molecular flexibility index (Phi) is 60.4. The Balaban J connectivity index is 4.52. The number of ether oxygens (including phenoxy) is 3. The second-order valence-corrected chi connectivity index (χ2v) is 20.6. The van der Waals surface area contributed by atoms with Gasteiger partial charge < -0.3 is 14.2 Å². The SMILES string of the molecule is CC/C=C\C/C=C\C/C=C\C/C=C\C/C=C\CCCCCC(=O)OC(COC(=O)CCCCCCCC/C=C\C/C=C\C/C=C\CCCCC)COC(=O)CCCCCCCC/C=C\C/C=C\C/C=C\CCCCCCC. The van der Waals surface area contributed by atoms with Crippen molar-refractivity contribution in [1.82, 2.24) is 0 Å². The van der Waals surface area contributed by atoms with Gasteiger partial charge in [-0.2, -0.15) is 0 Å². The van der Waals surface area contributed by atoms with Crippen molar-refractivity contribution in [3.05, 3.63) is 134 Å². The van der Waals surface area contributed by atoms with Crippen molar-refractivity contribution < 1.29 is 28.6 Å². The Hall–Kier alpha value is -4.45. The van der Waals surface area contributed by atoms with E-state index in [1.807, 2.05) is 0 Å². The van der Waals surface area contributed by atoms with Crippen LogP contribution in [0.25, 0.3) is 0 Å². The molecule has 0 saturated heterocycles. The number of carbonyl (C=O) groups is 3. The first-order chi connectivity index (χ1) is 38.0. The molecule has 436 valence electrons. The van der Waals surface area contributed by atoms with Gasteiger partial charge in [-0.15, -0.1) is 0 Å². The van der Waals surface area contributed by atoms with Gasteiger partial charge in [0.15, 0.2) is 6.10 Å². The van der Waals surface area contributed by atoms with Crippen LogP contribution < -0.4 is 0 Å². The van der Waals surface area contributed by atoms with Crippen molar-refractivity contribution in [2.45, 2.75) is 284 Å². The van der Waals surface area contributed by atoms with Crippen molar-refractivity contribution in [1.29, 1.82) is 0 Å². The van der Waals surface area contributed by atoms with Gasteiger partial charge in [0.2, 0.25) is 0 Å². The second kappa shape index (κ2) is 64.1. The zero-order valence-electron chi connectivity index (χ0n) is 49.9. The average molecular weight is 1070 g/mol. The van der Waals surface area contributed by atoms with Crippen molar-refractivity contribution in [2.75, 3.05) is 13.2 Å². The van der Waals surface area contributed by atoms with Crippen molar-refractivity contribution in [3.8, 4) is 0 Å². The summed E-state index contributed by atoms with van der Waals surface area (Å²) in [5.74, 6) is -0.962. The zero-order valence-corrected chi connectivity index (χ0v) is 49.9. The molecule has 0 amide bonds. The molecule has 0 aromatic heterocycles. The van der Waals surface area contributed by atoms with Crippen LogP contribution in [-0.4, -0.2) is 37.2 Å². The Morgan fingerprint density at radius 1 is 0.273 bits per heavy atom. The number of carbonyl (C=O) groups excluding carboxylic acids is 3. The highest BCUT2D eigenvalue weighted by Gasteiger charge is 2.19. The molecule has 0 aromatic carbocycles. The van der Waals surface area contributed by atoms with E-state index in [4.69, 9.17) is 14.2 Å². The summed E-state index contributed by atoms with van der Waals surface area (Å²) < 4.78 is 16.9. The predicted octanol–water partition coefficient (Wildman–Crippen LogP) is 21.8. The van der Waals surface area contributed by atoms with Crippen LogP contribution in [0.1, 0.15) is 278 Å². The average Bonchev–Trinajstić information content (AvgIpc) is 3.43. The molecule has 1 atom stereocenters. The largest absolute Gasteiger partial charge is 0.462 e. The fraction of sp³-hybridized carbons (Fsp3) is 0.648. The lowest BCUT2D eigenvalue weighted by molar-refractivity contribution is -0.167. The molecule has 0 N–H and O–H groups in total. The van der Waals surface area contributed by atoms with E-state index < -0.39 is 6.10 Å². The smallest absolute Gasteiger partial charge is 0.306 e. The number of hydrogen-bond donors (Lipinski definition) is 0. The molecule has 0 aliphatic rings. The van der Waals surface area contributed by atoms with Gasteiger partial charge in [0, 0.05) is 19.3 Å². The van der Waals surface area contributed by atoms with Crippen LogP contribution in [0.15, 0.2) is 134 Å². The third-order valence-electron chi connectivity index (χ3n) is 13.1. The Morgan fingerprint density at radius 2 is 0.506 bits per heavy atom. The normalized spacial score (nSPS) is 13.0. The fourth-order valence-electron chi connectivity index (χ4n) is 8.36. The van der Waals surface area contributed by atoms with Gasteiger partial charge in [0.25, 0.3) is 0 Å². The van der Waals surface area contributed by atoms with E-state index in [0.717, 1.165) is 141 Å². The fourth-order valence-corrected chi connectivity index (χ4v) is 8.36. The number of allylic oxidation sites excluding steroid dienone is 22. The lowest BCUT2D eigenvalue weighted by atomic mass is 10.1. The highest BCUT2D eigenvalue weighted by Crippen LogP contribution is 2.14. The highest BCUT2D eigenvalue weighted by atomic mass is 16.6. The number of esters is 3. The van der Waals surface area contributed by atoms with Gasteiger partial charge in [-0.25, -0.2) is 0 Å². The van der Waals surface area contributed by atoms with Crippen LogP contribution >= 0.6 is 0 Å². The molecule has 0 spiro atoms. The van der Waals surface area contributed by atoms with E-state index in [1.54, 1.807) is 0 Å². The molecule has 0 aromatic rings. The maximum atomic E-state index is 12.9. The Bertz CT molecular complexity index is 1650. The minimum absolute atomic E-state index is 0.107. The summed E-state index contributed by atoms with van der Waals surface area (Å²) in [6.07, 6.45) is 90.1. The number of rotatable bonds is 56. The minimum atomic E-state index is -0.814. The van der Waals surface area contributed by atoms with Crippen molar-refractivity contribution in [3.63, 3.8) is 0 Å². The topological polar surface area (TPSA) is 78.9 Å². The maximum Gasteiger partial charge on any atom is 0.306 e. The second-order valence-electron chi connectivity index (χ2n) is 20.6. The van der Waals surface area contributed by atoms with Crippen LogP contribution in [0.2, 0.25) is 0 Å². The van der Waals surface area contributed by atoms with Crippen LogP contribution in [0.5, 0.6) is 0 Å². The highest BCUT2D eigenvalue weighted by molar-refractivity contribution is 5.71. The molecule has 0 saturated carbocycles. The summed E-state index contributed by atoms with van der Waals surface area (Å²) in [7, 11) is 0. The first-order valence-electron chi connectivity index (χ1n) is 31.7. The van der Waals surface area contributed by atoms with E-state index in [9.17, 15) is 14.4 Å². The van der Waals surface area contributed by atoms with Gasteiger partial charge in [-0.05, 0) is 141 Å². The van der Waals surface area contributed by atoms with Crippen molar-refractivity contribution >= 4 is 17.9 Å². The lowest BCUT2D eigenvalue weighted by Crippen LogP contribution is -2.30. The van der Waals surface area contributed by atoms with Crippen molar-refractivity contribution in [2.24, 2.45) is 0 Å². The standard InChI is InChI=1S/C71H116O6/c1-4-7-10-13-16-19-22-25-28-31-34-35-38-40-43-46-49-52-55-58-61-64-70(73)76-67-68(77-71(74)65-62-59-56-53-50-47-44-41-37-33-30-27-24-21-18-15-12-9-6-3)66-75-69(72)63-60-57-54-51-48-45-42-39-36-32-29-26-23-20-17-14-11-8-5-2/h9,12,17-18,20-22,25-27,29-31,34,36-41,47,50,68H,4-8,10-11,13-16,19,23-24,28,32-33,35,42-46,48-49,51-67H2,1-3H3/b12-9-,20-17-,21-18-,25-22-,29-26-,30-27-,34-31-,39-36-,40-38-,41-37-,50-47-. The van der Waals surface area contributed by atoms with Crippen LogP contribution in [0.4, 0.5) is 0 Å². The van der Waals surface area contributed by atoms with E-state index in [0.29, 0.717) is 19.3 Å². The van der Waals surface area contributed by atoms with Gasteiger partial charge in [0.1, 0.15) is 13.2 Å².